The Balaban J connectivity index is 2.06. The lowest BCUT2D eigenvalue weighted by atomic mass is 10.1. The van der Waals surface area contributed by atoms with Gasteiger partial charge in [0.15, 0.2) is 0 Å². The number of methoxy groups -OCH3 is 1. The largest absolute Gasteiger partial charge is 0.496 e. The summed E-state index contributed by atoms with van der Waals surface area (Å²) in [5.74, 6) is 0.443. The standard InChI is InChI=1S/C18H18ClN3O2/c1-21-8-7-14(20-21)12-22(18(23)11-19)15-9-13-5-3-4-6-16(13)17(10-15)24-2/h3-10H,11-12H2,1-2H3. The van der Waals surface area contributed by atoms with E-state index < -0.39 is 0 Å². The number of alkyl halides is 1. The number of anilines is 1. The lowest BCUT2D eigenvalue weighted by Crippen LogP contribution is -2.31. The minimum atomic E-state index is -0.181. The second-order valence-corrected chi connectivity index (χ2v) is 5.73. The number of hydrogen-bond acceptors (Lipinski definition) is 3. The lowest BCUT2D eigenvalue weighted by Gasteiger charge is -2.22. The number of nitrogens with zero attached hydrogens (tertiary/aromatic N) is 3. The lowest BCUT2D eigenvalue weighted by molar-refractivity contribution is -0.116. The Morgan fingerprint density at radius 2 is 2.08 bits per heavy atom. The molecule has 0 aliphatic rings. The molecule has 0 atom stereocenters. The van der Waals surface area contributed by atoms with Crippen LogP contribution in [-0.2, 0) is 18.4 Å². The number of fused-ring (bicyclic) bond motifs is 1. The summed E-state index contributed by atoms with van der Waals surface area (Å²) in [4.78, 5) is 14.0. The number of carbonyl (C=O) groups is 1. The van der Waals surface area contributed by atoms with Gasteiger partial charge >= 0.3 is 0 Å². The molecule has 0 spiro atoms. The Morgan fingerprint density at radius 1 is 1.29 bits per heavy atom. The fraction of sp³-hybridized carbons (Fsp3) is 0.222. The van der Waals surface area contributed by atoms with E-state index in [1.807, 2.05) is 55.7 Å². The van der Waals surface area contributed by atoms with E-state index in [-0.39, 0.29) is 11.8 Å². The van der Waals surface area contributed by atoms with Gasteiger partial charge in [-0.1, -0.05) is 24.3 Å². The first-order valence-corrected chi connectivity index (χ1v) is 8.07. The van der Waals surface area contributed by atoms with Crippen molar-refractivity contribution in [1.82, 2.24) is 9.78 Å². The average Bonchev–Trinajstić information content (AvgIpc) is 3.03. The fourth-order valence-electron chi connectivity index (χ4n) is 2.69. The molecule has 0 fully saturated rings. The molecule has 0 N–H and O–H groups in total. The van der Waals surface area contributed by atoms with Gasteiger partial charge in [-0.2, -0.15) is 5.10 Å². The van der Waals surface area contributed by atoms with Gasteiger partial charge in [0, 0.05) is 30.4 Å². The molecule has 1 amide bonds. The number of aromatic nitrogens is 2. The topological polar surface area (TPSA) is 47.4 Å². The van der Waals surface area contributed by atoms with E-state index >= 15 is 0 Å². The summed E-state index contributed by atoms with van der Waals surface area (Å²) in [6.07, 6.45) is 1.85. The molecule has 5 nitrogen and oxygen atoms in total. The van der Waals surface area contributed by atoms with E-state index in [9.17, 15) is 4.79 Å². The Bertz CT molecular complexity index is 876. The van der Waals surface area contributed by atoms with Crippen LogP contribution in [-0.4, -0.2) is 28.7 Å². The second kappa shape index (κ2) is 6.93. The number of halogens is 1. The number of hydrogen-bond donors (Lipinski definition) is 0. The summed E-state index contributed by atoms with van der Waals surface area (Å²) >= 11 is 5.81. The molecule has 3 aromatic rings. The number of carbonyl (C=O) groups excluding carboxylic acids is 1. The predicted molar refractivity (Wildman–Crippen MR) is 95.6 cm³/mol. The highest BCUT2D eigenvalue weighted by molar-refractivity contribution is 6.29. The number of benzene rings is 2. The van der Waals surface area contributed by atoms with Crippen molar-refractivity contribution in [2.75, 3.05) is 17.9 Å². The van der Waals surface area contributed by atoms with Crippen LogP contribution < -0.4 is 9.64 Å². The zero-order chi connectivity index (χ0) is 17.1. The van der Waals surface area contributed by atoms with E-state index in [1.165, 1.54) is 0 Å². The molecule has 0 saturated carbocycles. The van der Waals surface area contributed by atoms with Gasteiger partial charge in [0.1, 0.15) is 11.6 Å². The third-order valence-electron chi connectivity index (χ3n) is 3.84. The summed E-state index contributed by atoms with van der Waals surface area (Å²) in [5, 5.41) is 6.35. The molecule has 0 saturated heterocycles. The summed E-state index contributed by atoms with van der Waals surface area (Å²) < 4.78 is 7.20. The van der Waals surface area contributed by atoms with E-state index in [0.717, 1.165) is 27.9 Å². The molecule has 3 rings (SSSR count). The van der Waals surface area contributed by atoms with Crippen LogP contribution >= 0.6 is 11.6 Å². The average molecular weight is 344 g/mol. The minimum absolute atomic E-state index is 0.0953. The quantitative estimate of drug-likeness (QED) is 0.667. The molecule has 124 valence electrons. The number of aryl methyl sites for hydroxylation is 1. The van der Waals surface area contributed by atoms with Crippen molar-refractivity contribution in [3.05, 3.63) is 54.4 Å². The van der Waals surface area contributed by atoms with E-state index in [4.69, 9.17) is 16.3 Å². The van der Waals surface area contributed by atoms with Crippen LogP contribution in [0.25, 0.3) is 10.8 Å². The maximum atomic E-state index is 12.4. The minimum Gasteiger partial charge on any atom is -0.496 e. The summed E-state index contributed by atoms with van der Waals surface area (Å²) in [6, 6.07) is 13.6. The van der Waals surface area contributed by atoms with Crippen LogP contribution in [0.3, 0.4) is 0 Å². The first-order chi connectivity index (χ1) is 11.6. The summed E-state index contributed by atoms with van der Waals surface area (Å²) in [6.45, 7) is 0.355. The van der Waals surface area contributed by atoms with Gasteiger partial charge in [0.2, 0.25) is 5.91 Å². The maximum absolute atomic E-state index is 12.4. The first kappa shape index (κ1) is 16.3. The van der Waals surface area contributed by atoms with E-state index in [2.05, 4.69) is 5.10 Å². The molecule has 0 radical (unpaired) electrons. The molecule has 2 aromatic carbocycles. The monoisotopic (exact) mass is 343 g/mol. The van der Waals surface area contributed by atoms with Gasteiger partial charge in [-0.05, 0) is 17.5 Å². The molecular weight excluding hydrogens is 326 g/mol. The van der Waals surface area contributed by atoms with Gasteiger partial charge in [-0.25, -0.2) is 0 Å². The number of ether oxygens (including phenoxy) is 1. The van der Waals surface area contributed by atoms with Crippen molar-refractivity contribution in [1.29, 1.82) is 0 Å². The third-order valence-corrected chi connectivity index (χ3v) is 4.07. The summed E-state index contributed by atoms with van der Waals surface area (Å²) in [7, 11) is 3.47. The SMILES string of the molecule is COc1cc(N(Cc2ccn(C)n2)C(=O)CCl)cc2ccccc12. The highest BCUT2D eigenvalue weighted by Crippen LogP contribution is 2.32. The molecule has 0 unspecified atom stereocenters. The Labute approximate surface area is 145 Å². The van der Waals surface area contributed by atoms with Crippen molar-refractivity contribution in [3.63, 3.8) is 0 Å². The smallest absolute Gasteiger partial charge is 0.242 e. The van der Waals surface area contributed by atoms with Crippen LogP contribution in [0, 0.1) is 0 Å². The van der Waals surface area contributed by atoms with Crippen LogP contribution in [0.1, 0.15) is 5.69 Å². The molecule has 0 aliphatic heterocycles. The van der Waals surface area contributed by atoms with Crippen molar-refractivity contribution >= 4 is 34.0 Å². The fourth-order valence-corrected chi connectivity index (χ4v) is 2.83. The molecular formula is C18H18ClN3O2. The number of rotatable bonds is 5. The van der Waals surface area contributed by atoms with Gasteiger partial charge in [0.05, 0.1) is 19.3 Å². The summed E-state index contributed by atoms with van der Waals surface area (Å²) in [5.41, 5.74) is 1.53. The van der Waals surface area contributed by atoms with Crippen molar-refractivity contribution in [2.24, 2.45) is 7.05 Å². The van der Waals surface area contributed by atoms with Gasteiger partial charge < -0.3 is 9.64 Å². The van der Waals surface area contributed by atoms with Crippen LogP contribution in [0.2, 0.25) is 0 Å². The van der Waals surface area contributed by atoms with Gasteiger partial charge in [-0.3, -0.25) is 9.48 Å². The second-order valence-electron chi connectivity index (χ2n) is 5.46. The number of amides is 1. The van der Waals surface area contributed by atoms with Gasteiger partial charge in [-0.15, -0.1) is 11.6 Å². The molecule has 0 aliphatic carbocycles. The Hall–Kier alpha value is -2.53. The zero-order valence-electron chi connectivity index (χ0n) is 13.6. The molecule has 1 heterocycles. The highest BCUT2D eigenvalue weighted by Gasteiger charge is 2.18. The maximum Gasteiger partial charge on any atom is 0.242 e. The van der Waals surface area contributed by atoms with Crippen molar-refractivity contribution in [2.45, 2.75) is 6.54 Å². The molecule has 6 heteroatoms. The Kier molecular flexibility index (Phi) is 4.71. The van der Waals surface area contributed by atoms with E-state index in [0.29, 0.717) is 6.54 Å². The van der Waals surface area contributed by atoms with Crippen LogP contribution in [0.15, 0.2) is 48.7 Å². The molecule has 24 heavy (non-hydrogen) atoms. The van der Waals surface area contributed by atoms with Crippen molar-refractivity contribution in [3.8, 4) is 5.75 Å². The predicted octanol–water partition coefficient (Wildman–Crippen LogP) is 3.35. The normalized spacial score (nSPS) is 10.8. The third kappa shape index (κ3) is 3.21. The first-order valence-electron chi connectivity index (χ1n) is 7.54. The Morgan fingerprint density at radius 3 is 2.75 bits per heavy atom. The van der Waals surface area contributed by atoms with E-state index in [1.54, 1.807) is 16.7 Å². The molecule has 0 bridgehead atoms. The van der Waals surface area contributed by atoms with Crippen LogP contribution in [0.5, 0.6) is 5.75 Å². The van der Waals surface area contributed by atoms with Gasteiger partial charge in [0.25, 0.3) is 0 Å². The zero-order valence-corrected chi connectivity index (χ0v) is 14.3. The van der Waals surface area contributed by atoms with Crippen molar-refractivity contribution < 1.29 is 9.53 Å². The van der Waals surface area contributed by atoms with Crippen LogP contribution in [0.4, 0.5) is 5.69 Å². The highest BCUT2D eigenvalue weighted by atomic mass is 35.5. The molecule has 1 aromatic heterocycles.